The summed E-state index contributed by atoms with van der Waals surface area (Å²) in [5.74, 6) is 2.78. The quantitative estimate of drug-likeness (QED) is 0.603. The summed E-state index contributed by atoms with van der Waals surface area (Å²) < 4.78 is 4.69. The van der Waals surface area contributed by atoms with Crippen LogP contribution in [0.15, 0.2) is 42.5 Å². The minimum absolute atomic E-state index is 0.445. The molecule has 0 heterocycles. The summed E-state index contributed by atoms with van der Waals surface area (Å²) in [5, 5.41) is 0. The molecule has 0 N–H and O–H groups in total. The molecule has 94 valence electrons. The van der Waals surface area contributed by atoms with Gasteiger partial charge in [0.1, 0.15) is 0 Å². The van der Waals surface area contributed by atoms with E-state index in [0.717, 1.165) is 12.0 Å². The fourth-order valence-electron chi connectivity index (χ4n) is 1.35. The number of ether oxygens (including phenoxy) is 1. The van der Waals surface area contributed by atoms with Crippen LogP contribution in [0.4, 0.5) is 4.79 Å². The number of nitrogens with zero attached hydrogens (tertiary/aromatic N) is 1. The summed E-state index contributed by atoms with van der Waals surface area (Å²) >= 11 is 0. The lowest BCUT2D eigenvalue weighted by Gasteiger charge is -2.13. The number of amides is 1. The second kappa shape index (κ2) is 7.18. The molecule has 0 bridgehead atoms. The Morgan fingerprint density at radius 3 is 2.61 bits per heavy atom. The highest BCUT2D eigenvalue weighted by Crippen LogP contribution is 2.02. The predicted octanol–water partition coefficient (Wildman–Crippen LogP) is 2.83. The molecular formula is C15H17NO2. The average molecular weight is 243 g/mol. The maximum atomic E-state index is 11.5. The molecule has 0 aromatic heterocycles. The third-order valence-electron chi connectivity index (χ3n) is 2.27. The number of methoxy groups -OCH3 is 1. The second-order valence-corrected chi connectivity index (χ2v) is 3.87. The molecule has 0 fully saturated rings. The second-order valence-electron chi connectivity index (χ2n) is 3.87. The number of hydrogen-bond donors (Lipinski definition) is 0. The van der Waals surface area contributed by atoms with Crippen molar-refractivity contribution in [3.8, 4) is 12.0 Å². The molecule has 1 rings (SSSR count). The van der Waals surface area contributed by atoms with Crippen molar-refractivity contribution in [3.05, 3.63) is 48.0 Å². The maximum absolute atomic E-state index is 11.5. The van der Waals surface area contributed by atoms with E-state index in [-0.39, 0.29) is 0 Å². The average Bonchev–Trinajstić information content (AvgIpc) is 2.39. The van der Waals surface area contributed by atoms with Crippen LogP contribution in [0.5, 0.6) is 0 Å². The van der Waals surface area contributed by atoms with E-state index in [4.69, 9.17) is 0 Å². The first-order chi connectivity index (χ1) is 8.63. The molecule has 0 radical (unpaired) electrons. The van der Waals surface area contributed by atoms with Gasteiger partial charge in [-0.2, -0.15) is 0 Å². The monoisotopic (exact) mass is 243 g/mol. The van der Waals surface area contributed by atoms with Crippen LogP contribution in [0.1, 0.15) is 12.5 Å². The van der Waals surface area contributed by atoms with E-state index in [0.29, 0.717) is 12.1 Å². The number of hydrogen-bond acceptors (Lipinski definition) is 2. The van der Waals surface area contributed by atoms with Gasteiger partial charge < -0.3 is 4.74 Å². The lowest BCUT2D eigenvalue weighted by molar-refractivity contribution is 0.143. The van der Waals surface area contributed by atoms with Crippen molar-refractivity contribution in [2.24, 2.45) is 0 Å². The topological polar surface area (TPSA) is 29.5 Å². The summed E-state index contributed by atoms with van der Waals surface area (Å²) in [4.78, 5) is 12.9. The van der Waals surface area contributed by atoms with Gasteiger partial charge in [0.2, 0.25) is 0 Å². The Balaban J connectivity index is 2.66. The van der Waals surface area contributed by atoms with E-state index < -0.39 is 6.09 Å². The van der Waals surface area contributed by atoms with Crippen LogP contribution in [-0.4, -0.2) is 24.6 Å². The maximum Gasteiger partial charge on any atom is 0.421 e. The lowest BCUT2D eigenvalue weighted by atomic mass is 10.1. The predicted molar refractivity (Wildman–Crippen MR) is 71.8 cm³/mol. The molecule has 0 aliphatic heterocycles. The number of allylic oxidation sites excluding steroid dienone is 1. The number of benzene rings is 1. The summed E-state index contributed by atoms with van der Waals surface area (Å²) in [5.41, 5.74) is 1.87. The summed E-state index contributed by atoms with van der Waals surface area (Å²) in [6.45, 7) is 5.97. The zero-order valence-corrected chi connectivity index (χ0v) is 10.8. The van der Waals surface area contributed by atoms with Crippen molar-refractivity contribution in [2.75, 3.05) is 13.7 Å². The zero-order valence-electron chi connectivity index (χ0n) is 10.8. The van der Waals surface area contributed by atoms with Gasteiger partial charge in [-0.3, -0.25) is 0 Å². The summed E-state index contributed by atoms with van der Waals surface area (Å²) in [7, 11) is 1.35. The third kappa shape index (κ3) is 4.75. The standard InChI is InChI=1S/C15H17NO2/c1-13(2)9-11-16(15(17)18-3)12-10-14-7-5-4-6-8-14/h4-8H,1,10,12H2,2-3H3. The van der Waals surface area contributed by atoms with Crippen LogP contribution in [0.25, 0.3) is 0 Å². The minimum atomic E-state index is -0.445. The van der Waals surface area contributed by atoms with Crippen molar-refractivity contribution >= 4 is 6.09 Å². The Bertz CT molecular complexity index is 468. The minimum Gasteiger partial charge on any atom is -0.452 e. The van der Waals surface area contributed by atoms with Gasteiger partial charge in [-0.05, 0) is 30.4 Å². The van der Waals surface area contributed by atoms with Crippen LogP contribution in [0, 0.1) is 12.0 Å². The molecule has 0 saturated heterocycles. The molecule has 0 atom stereocenters. The summed E-state index contributed by atoms with van der Waals surface area (Å²) in [6, 6.07) is 12.7. The largest absolute Gasteiger partial charge is 0.452 e. The molecule has 0 aliphatic carbocycles. The van der Waals surface area contributed by atoms with E-state index >= 15 is 0 Å². The van der Waals surface area contributed by atoms with Crippen LogP contribution < -0.4 is 0 Å². The van der Waals surface area contributed by atoms with Gasteiger partial charge in [-0.25, -0.2) is 9.69 Å². The van der Waals surface area contributed by atoms with Gasteiger partial charge in [-0.15, -0.1) is 0 Å². The molecule has 0 saturated carbocycles. The fraction of sp³-hybridized carbons (Fsp3) is 0.267. The van der Waals surface area contributed by atoms with E-state index in [2.05, 4.69) is 23.3 Å². The first kappa shape index (κ1) is 13.9. The molecular weight excluding hydrogens is 226 g/mol. The van der Waals surface area contributed by atoms with Crippen molar-refractivity contribution in [2.45, 2.75) is 13.3 Å². The third-order valence-corrected chi connectivity index (χ3v) is 2.27. The highest BCUT2D eigenvalue weighted by Gasteiger charge is 2.10. The van der Waals surface area contributed by atoms with Crippen LogP contribution in [0.3, 0.4) is 0 Å². The van der Waals surface area contributed by atoms with Crippen LogP contribution in [-0.2, 0) is 11.2 Å². The molecule has 3 heteroatoms. The van der Waals surface area contributed by atoms with Crippen molar-refractivity contribution in [1.82, 2.24) is 4.90 Å². The van der Waals surface area contributed by atoms with Crippen molar-refractivity contribution < 1.29 is 9.53 Å². The van der Waals surface area contributed by atoms with Gasteiger partial charge in [0, 0.05) is 12.6 Å². The van der Waals surface area contributed by atoms with E-state index in [9.17, 15) is 4.79 Å². The van der Waals surface area contributed by atoms with Crippen molar-refractivity contribution in [1.29, 1.82) is 0 Å². The van der Waals surface area contributed by atoms with Crippen molar-refractivity contribution in [3.63, 3.8) is 0 Å². The number of carbonyl (C=O) groups is 1. The SMILES string of the molecule is C=C(C)C#CN(CCc1ccccc1)C(=O)OC. The first-order valence-electron chi connectivity index (χ1n) is 5.70. The molecule has 18 heavy (non-hydrogen) atoms. The molecule has 1 aromatic rings. The highest BCUT2D eigenvalue weighted by atomic mass is 16.5. The lowest BCUT2D eigenvalue weighted by Crippen LogP contribution is -2.28. The molecule has 1 aromatic carbocycles. The smallest absolute Gasteiger partial charge is 0.421 e. The fourth-order valence-corrected chi connectivity index (χ4v) is 1.35. The van der Waals surface area contributed by atoms with Crippen LogP contribution >= 0.6 is 0 Å². The molecule has 0 unspecified atom stereocenters. The Hall–Kier alpha value is -2.21. The molecule has 3 nitrogen and oxygen atoms in total. The molecule has 0 aliphatic rings. The Morgan fingerprint density at radius 1 is 1.39 bits per heavy atom. The zero-order chi connectivity index (χ0) is 13.4. The van der Waals surface area contributed by atoms with Gasteiger partial charge >= 0.3 is 6.09 Å². The van der Waals surface area contributed by atoms with Crippen LogP contribution in [0.2, 0.25) is 0 Å². The summed E-state index contributed by atoms with van der Waals surface area (Å²) in [6.07, 6.45) is 0.292. The van der Waals surface area contributed by atoms with Gasteiger partial charge in [-0.1, -0.05) is 36.9 Å². The van der Waals surface area contributed by atoms with E-state index in [1.807, 2.05) is 30.3 Å². The normalized spacial score (nSPS) is 9.00. The molecule has 1 amide bonds. The number of rotatable bonds is 3. The van der Waals surface area contributed by atoms with Gasteiger partial charge in [0.25, 0.3) is 0 Å². The Kier molecular flexibility index (Phi) is 5.53. The Morgan fingerprint density at radius 2 is 2.06 bits per heavy atom. The first-order valence-corrected chi connectivity index (χ1v) is 5.70. The number of carbonyl (C=O) groups excluding carboxylic acids is 1. The van der Waals surface area contributed by atoms with E-state index in [1.165, 1.54) is 12.0 Å². The van der Waals surface area contributed by atoms with Gasteiger partial charge in [0.05, 0.1) is 7.11 Å². The highest BCUT2D eigenvalue weighted by molar-refractivity contribution is 5.69. The van der Waals surface area contributed by atoms with Gasteiger partial charge in [0.15, 0.2) is 0 Å². The Labute approximate surface area is 108 Å². The van der Waals surface area contributed by atoms with E-state index in [1.54, 1.807) is 6.92 Å². The molecule has 0 spiro atoms.